The monoisotopic (exact) mass is 334 g/mol. The smallest absolute Gasteiger partial charge is 0.0667 e. The maximum Gasteiger partial charge on any atom is 0.0667 e. The zero-order valence-corrected chi connectivity index (χ0v) is 14.9. The molecule has 1 atom stereocenters. The second-order valence-electron chi connectivity index (χ2n) is 7.00. The fourth-order valence-electron chi connectivity index (χ4n) is 3.38. The van der Waals surface area contributed by atoms with Crippen LogP contribution in [0.1, 0.15) is 44.1 Å². The van der Waals surface area contributed by atoms with Crippen molar-refractivity contribution in [2.24, 2.45) is 0 Å². The van der Waals surface area contributed by atoms with Crippen molar-refractivity contribution < 1.29 is 10.2 Å². The Bertz CT molecular complexity index is 419. The summed E-state index contributed by atoms with van der Waals surface area (Å²) in [5.41, 5.74) is 1.38. The van der Waals surface area contributed by atoms with E-state index in [2.05, 4.69) is 40.1 Å². The normalized spacial score (nSPS) is 17.9. The van der Waals surface area contributed by atoms with E-state index in [-0.39, 0.29) is 6.10 Å². The molecule has 1 heterocycles. The first kappa shape index (κ1) is 19.4. The molecule has 1 fully saturated rings. The summed E-state index contributed by atoms with van der Waals surface area (Å²) in [6.45, 7) is 6.44. The van der Waals surface area contributed by atoms with Crippen LogP contribution in [-0.4, -0.2) is 65.4 Å². The minimum atomic E-state index is -0.191. The lowest BCUT2D eigenvalue weighted by Gasteiger charge is -2.35. The molecule has 4 heteroatoms. The number of hydrogen-bond donors (Lipinski definition) is 2. The zero-order valence-electron chi connectivity index (χ0n) is 14.9. The Morgan fingerprint density at radius 2 is 1.46 bits per heavy atom. The molecule has 0 aromatic heterocycles. The molecule has 1 aliphatic heterocycles. The number of aliphatic hydroxyl groups excluding tert-OH is 2. The quantitative estimate of drug-likeness (QED) is 0.611. The lowest BCUT2D eigenvalue weighted by Crippen LogP contribution is -2.48. The van der Waals surface area contributed by atoms with E-state index in [0.29, 0.717) is 6.61 Å². The molecule has 0 amide bonds. The van der Waals surface area contributed by atoms with E-state index in [4.69, 9.17) is 5.11 Å². The van der Waals surface area contributed by atoms with Gasteiger partial charge in [0, 0.05) is 45.9 Å². The molecule has 1 aliphatic rings. The van der Waals surface area contributed by atoms with Gasteiger partial charge >= 0.3 is 0 Å². The molecule has 0 aliphatic carbocycles. The fourth-order valence-corrected chi connectivity index (χ4v) is 3.38. The fraction of sp³-hybridized carbons (Fsp3) is 0.700. The summed E-state index contributed by atoms with van der Waals surface area (Å²) in [5, 5.41) is 19.0. The van der Waals surface area contributed by atoms with Crippen LogP contribution in [0, 0.1) is 0 Å². The predicted molar refractivity (Wildman–Crippen MR) is 99.0 cm³/mol. The van der Waals surface area contributed by atoms with Gasteiger partial charge < -0.3 is 10.2 Å². The van der Waals surface area contributed by atoms with Crippen LogP contribution in [0.4, 0.5) is 0 Å². The summed E-state index contributed by atoms with van der Waals surface area (Å²) in [7, 11) is 0. The average molecular weight is 335 g/mol. The topological polar surface area (TPSA) is 46.9 Å². The van der Waals surface area contributed by atoms with E-state index >= 15 is 0 Å². The summed E-state index contributed by atoms with van der Waals surface area (Å²) in [6.07, 6.45) is 6.17. The van der Waals surface area contributed by atoms with Gasteiger partial charge in [-0.3, -0.25) is 9.80 Å². The van der Waals surface area contributed by atoms with Gasteiger partial charge in [-0.15, -0.1) is 0 Å². The van der Waals surface area contributed by atoms with E-state index in [0.717, 1.165) is 65.0 Å². The van der Waals surface area contributed by atoms with Crippen molar-refractivity contribution in [1.82, 2.24) is 9.80 Å². The van der Waals surface area contributed by atoms with E-state index in [1.165, 1.54) is 18.4 Å². The number of β-amino-alcohol motifs (C(OH)–C–C–N with tert-alkyl or cyclic N) is 1. The predicted octanol–water partition coefficient (Wildman–Crippen LogP) is 2.50. The minimum absolute atomic E-state index is 0.191. The summed E-state index contributed by atoms with van der Waals surface area (Å²) in [5.74, 6) is 0. The Labute approximate surface area is 147 Å². The van der Waals surface area contributed by atoms with Crippen LogP contribution in [0.3, 0.4) is 0 Å². The van der Waals surface area contributed by atoms with Gasteiger partial charge in [0.15, 0.2) is 0 Å². The molecule has 0 spiro atoms. The van der Waals surface area contributed by atoms with Gasteiger partial charge in [-0.25, -0.2) is 0 Å². The van der Waals surface area contributed by atoms with Crippen LogP contribution in [0.25, 0.3) is 0 Å². The van der Waals surface area contributed by atoms with Gasteiger partial charge in [0.2, 0.25) is 0 Å². The zero-order chi connectivity index (χ0) is 17.0. The molecular weight excluding hydrogens is 300 g/mol. The molecule has 4 nitrogen and oxygen atoms in total. The Kier molecular flexibility index (Phi) is 9.36. The van der Waals surface area contributed by atoms with Crippen LogP contribution in [0.15, 0.2) is 30.3 Å². The van der Waals surface area contributed by atoms with Gasteiger partial charge in [0.1, 0.15) is 0 Å². The van der Waals surface area contributed by atoms with Crippen molar-refractivity contribution in [3.05, 3.63) is 35.9 Å². The number of piperazine rings is 1. The maximum absolute atomic E-state index is 10.2. The van der Waals surface area contributed by atoms with Crippen molar-refractivity contribution in [2.75, 3.05) is 39.3 Å². The Morgan fingerprint density at radius 3 is 2.17 bits per heavy atom. The van der Waals surface area contributed by atoms with Gasteiger partial charge in [-0.1, -0.05) is 56.0 Å². The van der Waals surface area contributed by atoms with Crippen molar-refractivity contribution in [3.63, 3.8) is 0 Å². The number of aliphatic hydroxyl groups is 2. The SMILES string of the molecule is OCCCCCCCC(O)CN1CCN(Cc2ccccc2)CC1. The lowest BCUT2D eigenvalue weighted by molar-refractivity contribution is 0.0651. The van der Waals surface area contributed by atoms with Crippen molar-refractivity contribution >= 4 is 0 Å². The molecule has 1 saturated heterocycles. The Hall–Kier alpha value is -0.940. The summed E-state index contributed by atoms with van der Waals surface area (Å²) in [4.78, 5) is 4.90. The first-order valence-electron chi connectivity index (χ1n) is 9.55. The van der Waals surface area contributed by atoms with Crippen LogP contribution in [0.2, 0.25) is 0 Å². The first-order chi connectivity index (χ1) is 11.8. The highest BCUT2D eigenvalue weighted by Gasteiger charge is 2.19. The van der Waals surface area contributed by atoms with Crippen molar-refractivity contribution in [2.45, 2.75) is 51.2 Å². The number of unbranched alkanes of at least 4 members (excludes halogenated alkanes) is 4. The molecule has 0 saturated carbocycles. The minimum Gasteiger partial charge on any atom is -0.396 e. The molecule has 0 radical (unpaired) electrons. The summed E-state index contributed by atoms with van der Waals surface area (Å²) in [6, 6.07) is 10.7. The van der Waals surface area contributed by atoms with Gasteiger partial charge in [-0.05, 0) is 18.4 Å². The van der Waals surface area contributed by atoms with Gasteiger partial charge in [-0.2, -0.15) is 0 Å². The number of hydrogen-bond acceptors (Lipinski definition) is 4. The van der Waals surface area contributed by atoms with Crippen LogP contribution < -0.4 is 0 Å². The van der Waals surface area contributed by atoms with E-state index in [1.807, 2.05) is 0 Å². The van der Waals surface area contributed by atoms with Gasteiger partial charge in [0.05, 0.1) is 6.10 Å². The lowest BCUT2D eigenvalue weighted by atomic mass is 10.1. The number of nitrogens with zero attached hydrogens (tertiary/aromatic N) is 2. The van der Waals surface area contributed by atoms with Crippen LogP contribution in [0.5, 0.6) is 0 Å². The third-order valence-electron chi connectivity index (χ3n) is 4.88. The highest BCUT2D eigenvalue weighted by atomic mass is 16.3. The van der Waals surface area contributed by atoms with Crippen molar-refractivity contribution in [1.29, 1.82) is 0 Å². The third kappa shape index (κ3) is 7.75. The highest BCUT2D eigenvalue weighted by Crippen LogP contribution is 2.11. The summed E-state index contributed by atoms with van der Waals surface area (Å²) < 4.78 is 0. The van der Waals surface area contributed by atoms with E-state index in [1.54, 1.807) is 0 Å². The molecule has 1 aromatic carbocycles. The van der Waals surface area contributed by atoms with Crippen LogP contribution in [-0.2, 0) is 6.54 Å². The van der Waals surface area contributed by atoms with E-state index in [9.17, 15) is 5.11 Å². The summed E-state index contributed by atoms with van der Waals surface area (Å²) >= 11 is 0. The maximum atomic E-state index is 10.2. The number of benzene rings is 1. The van der Waals surface area contributed by atoms with Gasteiger partial charge in [0.25, 0.3) is 0 Å². The van der Waals surface area contributed by atoms with Crippen molar-refractivity contribution in [3.8, 4) is 0 Å². The Morgan fingerprint density at radius 1 is 0.833 bits per heavy atom. The second-order valence-corrected chi connectivity index (χ2v) is 7.00. The largest absolute Gasteiger partial charge is 0.396 e. The molecule has 136 valence electrons. The van der Waals surface area contributed by atoms with Crippen LogP contribution >= 0.6 is 0 Å². The standard InChI is InChI=1S/C20H34N2O2/c23-16-8-3-1-2-7-11-20(24)18-22-14-12-21(13-15-22)17-19-9-5-4-6-10-19/h4-6,9-10,20,23-24H,1-3,7-8,11-18H2. The third-order valence-corrected chi connectivity index (χ3v) is 4.88. The second kappa shape index (κ2) is 11.6. The molecule has 1 aromatic rings. The Balaban J connectivity index is 1.54. The molecule has 24 heavy (non-hydrogen) atoms. The average Bonchev–Trinajstić information content (AvgIpc) is 2.61. The highest BCUT2D eigenvalue weighted by molar-refractivity contribution is 5.14. The molecule has 1 unspecified atom stereocenters. The molecule has 2 rings (SSSR count). The number of rotatable bonds is 11. The van der Waals surface area contributed by atoms with E-state index < -0.39 is 0 Å². The first-order valence-corrected chi connectivity index (χ1v) is 9.55. The molecule has 2 N–H and O–H groups in total. The molecule has 0 bridgehead atoms. The molecular formula is C20H34N2O2.